The molecule has 1 unspecified atom stereocenters. The van der Waals surface area contributed by atoms with Gasteiger partial charge in [-0.15, -0.1) is 0 Å². The Kier molecular flexibility index (Phi) is 4.82. The number of rotatable bonds is 5. The highest BCUT2D eigenvalue weighted by molar-refractivity contribution is 5.21. The monoisotopic (exact) mass is 277 g/mol. The minimum Gasteiger partial charge on any atom is -0.387 e. The van der Waals surface area contributed by atoms with E-state index in [1.54, 1.807) is 30.3 Å². The van der Waals surface area contributed by atoms with E-state index >= 15 is 0 Å². The Balaban J connectivity index is 1.97. The van der Waals surface area contributed by atoms with Crippen molar-refractivity contribution in [3.63, 3.8) is 0 Å². The lowest BCUT2D eigenvalue weighted by Gasteiger charge is -2.18. The summed E-state index contributed by atoms with van der Waals surface area (Å²) in [4.78, 5) is 0. The van der Waals surface area contributed by atoms with E-state index in [-0.39, 0.29) is 24.2 Å². The van der Waals surface area contributed by atoms with Crippen molar-refractivity contribution in [3.8, 4) is 0 Å². The molecule has 0 radical (unpaired) electrons. The fraction of sp³-hybridized carbons (Fsp3) is 0.250. The predicted octanol–water partition coefficient (Wildman–Crippen LogP) is 3.35. The third-order valence-electron chi connectivity index (χ3n) is 3.22. The Morgan fingerprint density at radius 1 is 1.10 bits per heavy atom. The Labute approximate surface area is 117 Å². The van der Waals surface area contributed by atoms with Crippen LogP contribution in [0.25, 0.3) is 0 Å². The standard InChI is InChI=1S/C16H17F2NO/c1-11(14-7-2-3-8-15(14)18)19-10-16(20)12-5-4-6-13(17)9-12/h2-9,11,16,19-20H,10H2,1H3/t11-,16?/m1/s1. The summed E-state index contributed by atoms with van der Waals surface area (Å²) in [5.74, 6) is -0.670. The molecule has 2 aromatic carbocycles. The molecule has 0 aromatic heterocycles. The molecular weight excluding hydrogens is 260 g/mol. The molecule has 106 valence electrons. The number of hydrogen-bond acceptors (Lipinski definition) is 2. The summed E-state index contributed by atoms with van der Waals surface area (Å²) < 4.78 is 26.7. The van der Waals surface area contributed by atoms with Gasteiger partial charge in [-0.3, -0.25) is 0 Å². The van der Waals surface area contributed by atoms with Crippen molar-refractivity contribution in [1.82, 2.24) is 5.32 Å². The first-order chi connectivity index (χ1) is 9.58. The number of hydrogen-bond donors (Lipinski definition) is 2. The van der Waals surface area contributed by atoms with Gasteiger partial charge in [-0.25, -0.2) is 8.78 Å². The largest absolute Gasteiger partial charge is 0.387 e. The number of halogens is 2. The molecule has 2 rings (SSSR count). The molecule has 0 aliphatic rings. The predicted molar refractivity (Wildman–Crippen MR) is 74.2 cm³/mol. The molecule has 2 atom stereocenters. The smallest absolute Gasteiger partial charge is 0.127 e. The molecule has 0 heterocycles. The third kappa shape index (κ3) is 3.62. The zero-order chi connectivity index (χ0) is 14.5. The van der Waals surface area contributed by atoms with Gasteiger partial charge in [0.1, 0.15) is 11.6 Å². The fourth-order valence-electron chi connectivity index (χ4n) is 2.06. The Morgan fingerprint density at radius 3 is 2.55 bits per heavy atom. The summed E-state index contributed by atoms with van der Waals surface area (Å²) in [7, 11) is 0. The van der Waals surface area contributed by atoms with E-state index in [9.17, 15) is 13.9 Å². The molecule has 0 saturated carbocycles. The lowest BCUT2D eigenvalue weighted by atomic mass is 10.1. The normalized spacial score (nSPS) is 14.0. The number of aliphatic hydroxyl groups is 1. The van der Waals surface area contributed by atoms with Crippen molar-refractivity contribution < 1.29 is 13.9 Å². The summed E-state index contributed by atoms with van der Waals surface area (Å²) in [6.45, 7) is 2.04. The Hall–Kier alpha value is -1.78. The summed E-state index contributed by atoms with van der Waals surface area (Å²) >= 11 is 0. The van der Waals surface area contributed by atoms with Crippen LogP contribution >= 0.6 is 0 Å². The van der Waals surface area contributed by atoms with Crippen molar-refractivity contribution in [1.29, 1.82) is 0 Å². The molecular formula is C16H17F2NO. The minimum absolute atomic E-state index is 0.221. The van der Waals surface area contributed by atoms with Crippen LogP contribution in [0.15, 0.2) is 48.5 Å². The average Bonchev–Trinajstić information content (AvgIpc) is 2.45. The highest BCUT2D eigenvalue weighted by atomic mass is 19.1. The molecule has 2 N–H and O–H groups in total. The summed E-state index contributed by atoms with van der Waals surface area (Å²) in [5, 5.41) is 13.0. The van der Waals surface area contributed by atoms with Gasteiger partial charge in [0, 0.05) is 18.2 Å². The maximum absolute atomic E-state index is 13.6. The van der Waals surface area contributed by atoms with Gasteiger partial charge in [-0.1, -0.05) is 30.3 Å². The first-order valence-corrected chi connectivity index (χ1v) is 6.49. The van der Waals surface area contributed by atoms with Gasteiger partial charge in [0.25, 0.3) is 0 Å². The van der Waals surface area contributed by atoms with Crippen LogP contribution in [0.1, 0.15) is 30.2 Å². The van der Waals surface area contributed by atoms with E-state index in [0.29, 0.717) is 11.1 Å². The van der Waals surface area contributed by atoms with Crippen LogP contribution in [0.4, 0.5) is 8.78 Å². The first-order valence-electron chi connectivity index (χ1n) is 6.49. The van der Waals surface area contributed by atoms with Crippen molar-refractivity contribution in [2.45, 2.75) is 19.1 Å². The van der Waals surface area contributed by atoms with Gasteiger partial charge in [0.05, 0.1) is 6.10 Å². The summed E-state index contributed by atoms with van der Waals surface area (Å²) in [5.41, 5.74) is 1.04. The van der Waals surface area contributed by atoms with E-state index in [4.69, 9.17) is 0 Å². The van der Waals surface area contributed by atoms with E-state index in [1.165, 1.54) is 18.2 Å². The zero-order valence-corrected chi connectivity index (χ0v) is 11.2. The second-order valence-electron chi connectivity index (χ2n) is 4.72. The molecule has 0 spiro atoms. The van der Waals surface area contributed by atoms with Gasteiger partial charge in [0.15, 0.2) is 0 Å². The van der Waals surface area contributed by atoms with Crippen molar-refractivity contribution in [3.05, 3.63) is 71.3 Å². The molecule has 0 fully saturated rings. The van der Waals surface area contributed by atoms with E-state index in [1.807, 2.05) is 6.92 Å². The van der Waals surface area contributed by atoms with Gasteiger partial charge in [-0.05, 0) is 30.7 Å². The van der Waals surface area contributed by atoms with E-state index < -0.39 is 6.10 Å². The van der Waals surface area contributed by atoms with Crippen LogP contribution < -0.4 is 5.32 Å². The van der Waals surface area contributed by atoms with Crippen LogP contribution in [0, 0.1) is 11.6 Å². The van der Waals surface area contributed by atoms with Crippen LogP contribution in [-0.2, 0) is 0 Å². The Bertz CT molecular complexity index is 574. The van der Waals surface area contributed by atoms with Crippen LogP contribution in [-0.4, -0.2) is 11.7 Å². The molecule has 4 heteroatoms. The van der Waals surface area contributed by atoms with E-state index in [0.717, 1.165) is 0 Å². The van der Waals surface area contributed by atoms with Crippen LogP contribution in [0.2, 0.25) is 0 Å². The molecule has 0 aliphatic carbocycles. The van der Waals surface area contributed by atoms with Crippen molar-refractivity contribution in [2.75, 3.05) is 6.54 Å². The van der Waals surface area contributed by atoms with Gasteiger partial charge < -0.3 is 10.4 Å². The van der Waals surface area contributed by atoms with Crippen molar-refractivity contribution >= 4 is 0 Å². The Morgan fingerprint density at radius 2 is 1.85 bits per heavy atom. The summed E-state index contributed by atoms with van der Waals surface area (Å²) in [6, 6.07) is 12.1. The molecule has 2 aromatic rings. The van der Waals surface area contributed by atoms with Crippen molar-refractivity contribution in [2.24, 2.45) is 0 Å². The molecule has 2 nitrogen and oxygen atoms in total. The van der Waals surface area contributed by atoms with Gasteiger partial charge >= 0.3 is 0 Å². The number of aliphatic hydroxyl groups excluding tert-OH is 1. The lowest BCUT2D eigenvalue weighted by molar-refractivity contribution is 0.170. The number of benzene rings is 2. The SMILES string of the molecule is C[C@@H](NCC(O)c1cccc(F)c1)c1ccccc1F. The lowest BCUT2D eigenvalue weighted by Crippen LogP contribution is -2.25. The third-order valence-corrected chi connectivity index (χ3v) is 3.22. The maximum Gasteiger partial charge on any atom is 0.127 e. The number of nitrogens with one attached hydrogen (secondary N) is 1. The molecule has 20 heavy (non-hydrogen) atoms. The molecule has 0 aliphatic heterocycles. The first kappa shape index (κ1) is 14.6. The molecule has 0 amide bonds. The maximum atomic E-state index is 13.6. The van der Waals surface area contributed by atoms with E-state index in [2.05, 4.69) is 5.32 Å². The quantitative estimate of drug-likeness (QED) is 0.878. The van der Waals surface area contributed by atoms with Gasteiger partial charge in [-0.2, -0.15) is 0 Å². The zero-order valence-electron chi connectivity index (χ0n) is 11.2. The summed E-state index contributed by atoms with van der Waals surface area (Å²) in [6.07, 6.45) is -0.833. The second kappa shape index (κ2) is 6.59. The minimum atomic E-state index is -0.833. The van der Waals surface area contributed by atoms with Crippen LogP contribution in [0.5, 0.6) is 0 Å². The fourth-order valence-corrected chi connectivity index (χ4v) is 2.06. The highest BCUT2D eigenvalue weighted by Gasteiger charge is 2.13. The topological polar surface area (TPSA) is 32.3 Å². The average molecular weight is 277 g/mol. The van der Waals surface area contributed by atoms with Gasteiger partial charge in [0.2, 0.25) is 0 Å². The molecule has 0 saturated heterocycles. The molecule has 0 bridgehead atoms. The highest BCUT2D eigenvalue weighted by Crippen LogP contribution is 2.18. The second-order valence-corrected chi connectivity index (χ2v) is 4.72. The van der Waals surface area contributed by atoms with Crippen LogP contribution in [0.3, 0.4) is 0 Å².